The molecule has 230 valence electrons. The lowest BCUT2D eigenvalue weighted by Gasteiger charge is -2.36. The molecule has 0 bridgehead atoms. The van der Waals surface area contributed by atoms with Crippen molar-refractivity contribution in [2.24, 2.45) is 17.8 Å². The van der Waals surface area contributed by atoms with E-state index in [4.69, 9.17) is 0 Å². The minimum absolute atomic E-state index is 0.0348. The third-order valence-electron chi connectivity index (χ3n) is 9.95. The van der Waals surface area contributed by atoms with Crippen LogP contribution in [0.5, 0.6) is 5.75 Å². The van der Waals surface area contributed by atoms with Gasteiger partial charge in [0.05, 0.1) is 24.5 Å². The molecule has 2 aromatic rings. The smallest absolute Gasteiger partial charge is 0.234 e. The summed E-state index contributed by atoms with van der Waals surface area (Å²) in [6.07, 6.45) is 9.32. The normalized spacial score (nSPS) is 24.1. The lowest BCUT2D eigenvalue weighted by Crippen LogP contribution is -2.42. The number of allylic oxidation sites excluding steroid dienone is 2. The molecule has 1 saturated carbocycles. The van der Waals surface area contributed by atoms with Gasteiger partial charge >= 0.3 is 0 Å². The Morgan fingerprint density at radius 2 is 1.70 bits per heavy atom. The van der Waals surface area contributed by atoms with E-state index in [1.54, 1.807) is 4.90 Å². The molecule has 0 unspecified atom stereocenters. The van der Waals surface area contributed by atoms with Crippen molar-refractivity contribution in [1.29, 1.82) is 0 Å². The van der Waals surface area contributed by atoms with Crippen molar-refractivity contribution in [1.82, 2.24) is 4.90 Å². The first kappa shape index (κ1) is 31.2. The number of aromatic hydroxyl groups is 1. The van der Waals surface area contributed by atoms with Gasteiger partial charge in [-0.2, -0.15) is 0 Å². The molecule has 1 heterocycles. The molecule has 6 heteroatoms. The molecule has 1 saturated heterocycles. The fraction of sp³-hybridized carbons (Fsp3) is 0.514. The summed E-state index contributed by atoms with van der Waals surface area (Å²) in [5, 5.41) is 32.8. The molecule has 2 aliphatic carbocycles. The Morgan fingerprint density at radius 1 is 1.02 bits per heavy atom. The minimum atomic E-state index is -0.832. The minimum Gasteiger partial charge on any atom is -0.507 e. The number of imide groups is 1. The number of phenols is 1. The Morgan fingerprint density at radius 3 is 2.33 bits per heavy atom. The van der Waals surface area contributed by atoms with Gasteiger partial charge < -0.3 is 15.3 Å². The van der Waals surface area contributed by atoms with Crippen LogP contribution in [0, 0.1) is 31.6 Å². The maximum atomic E-state index is 13.8. The number of carbonyl (C=O) groups excluding carboxylic acids is 2. The fourth-order valence-corrected chi connectivity index (χ4v) is 7.89. The van der Waals surface area contributed by atoms with Crippen molar-refractivity contribution >= 4 is 23.5 Å². The number of aliphatic hydroxyl groups excluding tert-OH is 2. The maximum Gasteiger partial charge on any atom is 0.234 e. The monoisotopic (exact) mass is 585 g/mol. The highest BCUT2D eigenvalue weighted by Gasteiger charge is 2.56. The highest BCUT2D eigenvalue weighted by molar-refractivity contribution is 6.06. The van der Waals surface area contributed by atoms with Crippen molar-refractivity contribution in [3.8, 4) is 5.75 Å². The summed E-state index contributed by atoms with van der Waals surface area (Å²) in [6.45, 7) is 5.61. The Balaban J connectivity index is 1.43. The van der Waals surface area contributed by atoms with Crippen molar-refractivity contribution < 1.29 is 24.9 Å². The second-order valence-electron chi connectivity index (χ2n) is 12.9. The van der Waals surface area contributed by atoms with Gasteiger partial charge in [0.15, 0.2) is 0 Å². The highest BCUT2D eigenvalue weighted by atomic mass is 16.3. The zero-order chi connectivity index (χ0) is 30.7. The molecule has 5 rings (SSSR count). The highest BCUT2D eigenvalue weighted by Crippen LogP contribution is 2.48. The summed E-state index contributed by atoms with van der Waals surface area (Å²) in [7, 11) is 0. The number of phenolic OH excluding ortho intramolecular Hbond substituents is 1. The summed E-state index contributed by atoms with van der Waals surface area (Å²) >= 11 is 0. The number of carbonyl (C=O) groups is 2. The summed E-state index contributed by atoms with van der Waals surface area (Å²) in [6, 6.07) is 14.0. The number of amides is 2. The molecule has 0 aromatic heterocycles. The topological polar surface area (TPSA) is 98.1 Å². The summed E-state index contributed by atoms with van der Waals surface area (Å²) in [4.78, 5) is 29.1. The maximum absolute atomic E-state index is 13.8. The van der Waals surface area contributed by atoms with E-state index in [2.05, 4.69) is 25.1 Å². The molecule has 1 aliphatic heterocycles. The first-order valence-electron chi connectivity index (χ1n) is 16.2. The van der Waals surface area contributed by atoms with E-state index in [9.17, 15) is 24.9 Å². The Hall–Kier alpha value is -3.22. The second-order valence-corrected chi connectivity index (χ2v) is 12.9. The SMILES string of the molecule is CCCC1=C([C@H](O)CC/C(=C/c2cc(C)c(O)c(C)c2)c2ccccc2)[C@H](CO)[C@@H]2C(=O)N(C3CCCCC3)C(=O)[C@@H]2C1. The molecule has 0 radical (unpaired) electrons. The van der Waals surface area contributed by atoms with Gasteiger partial charge in [-0.1, -0.05) is 74.6 Å². The van der Waals surface area contributed by atoms with Gasteiger partial charge in [0, 0.05) is 12.0 Å². The van der Waals surface area contributed by atoms with Crippen molar-refractivity contribution in [3.63, 3.8) is 0 Å². The van der Waals surface area contributed by atoms with E-state index in [-0.39, 0.29) is 24.5 Å². The van der Waals surface area contributed by atoms with Crippen LogP contribution in [-0.4, -0.2) is 50.8 Å². The molecule has 3 aliphatic rings. The summed E-state index contributed by atoms with van der Waals surface area (Å²) < 4.78 is 0. The number of likely N-dealkylation sites (tertiary alicyclic amines) is 1. The van der Waals surface area contributed by atoms with E-state index >= 15 is 0 Å². The predicted octanol–water partition coefficient (Wildman–Crippen LogP) is 6.73. The number of rotatable bonds is 10. The lowest BCUT2D eigenvalue weighted by atomic mass is 9.67. The molecule has 2 fully saturated rings. The number of hydrogen-bond acceptors (Lipinski definition) is 5. The zero-order valence-corrected chi connectivity index (χ0v) is 25.9. The van der Waals surface area contributed by atoms with Crippen LogP contribution in [0.1, 0.15) is 93.4 Å². The van der Waals surface area contributed by atoms with Gasteiger partial charge in [-0.15, -0.1) is 0 Å². The van der Waals surface area contributed by atoms with Gasteiger partial charge in [-0.05, 0) is 97.9 Å². The van der Waals surface area contributed by atoms with Crippen LogP contribution in [0.4, 0.5) is 0 Å². The van der Waals surface area contributed by atoms with E-state index in [0.717, 1.165) is 83.9 Å². The van der Waals surface area contributed by atoms with Crippen molar-refractivity contribution in [2.75, 3.05) is 6.61 Å². The Labute approximate surface area is 256 Å². The van der Waals surface area contributed by atoms with Gasteiger partial charge in [-0.3, -0.25) is 14.5 Å². The molecular formula is C37H47NO5. The van der Waals surface area contributed by atoms with Crippen molar-refractivity contribution in [2.45, 2.75) is 97.1 Å². The van der Waals surface area contributed by atoms with Gasteiger partial charge in [0.2, 0.25) is 11.8 Å². The summed E-state index contributed by atoms with van der Waals surface area (Å²) in [5.41, 5.74) is 6.55. The molecule has 3 N–H and O–H groups in total. The van der Waals surface area contributed by atoms with Crippen LogP contribution in [0.2, 0.25) is 0 Å². The standard InChI is InChI=1S/C37H47NO5/c1-4-11-28-21-30-34(37(43)38(36(30)42)29-14-9-6-10-15-29)31(22-39)33(28)32(40)17-16-27(26-12-7-5-8-13-26)20-25-18-23(2)35(41)24(3)19-25/h5,7-8,12-13,18-20,29-32,34,39-41H,4,6,9-11,14-17,21-22H2,1-3H3/b27-20-/t30-,31+,32-,34-/m1/s1. The van der Waals surface area contributed by atoms with Gasteiger partial charge in [0.1, 0.15) is 5.75 Å². The molecule has 43 heavy (non-hydrogen) atoms. The third kappa shape index (κ3) is 6.37. The largest absolute Gasteiger partial charge is 0.507 e. The van der Waals surface area contributed by atoms with E-state index in [1.165, 1.54) is 0 Å². The van der Waals surface area contributed by atoms with E-state index in [1.807, 2.05) is 44.2 Å². The quantitative estimate of drug-likeness (QED) is 0.163. The first-order valence-corrected chi connectivity index (χ1v) is 16.2. The van der Waals surface area contributed by atoms with Crippen LogP contribution in [0.15, 0.2) is 53.6 Å². The van der Waals surface area contributed by atoms with E-state index in [0.29, 0.717) is 25.0 Å². The molecule has 4 atom stereocenters. The number of hydrogen-bond donors (Lipinski definition) is 3. The van der Waals surface area contributed by atoms with Crippen LogP contribution in [0.25, 0.3) is 11.6 Å². The third-order valence-corrected chi connectivity index (χ3v) is 9.95. The van der Waals surface area contributed by atoms with Crippen LogP contribution >= 0.6 is 0 Å². The number of aliphatic hydroxyl groups is 2. The molecule has 0 spiro atoms. The second kappa shape index (κ2) is 13.6. The number of nitrogens with zero attached hydrogens (tertiary/aromatic N) is 1. The van der Waals surface area contributed by atoms with Gasteiger partial charge in [0.25, 0.3) is 0 Å². The average Bonchev–Trinajstić information content (AvgIpc) is 3.26. The van der Waals surface area contributed by atoms with E-state index < -0.39 is 23.9 Å². The number of aryl methyl sites for hydroxylation is 2. The average molecular weight is 586 g/mol. The zero-order valence-electron chi connectivity index (χ0n) is 25.9. The van der Waals surface area contributed by atoms with Crippen LogP contribution in [-0.2, 0) is 9.59 Å². The molecule has 2 aromatic carbocycles. The van der Waals surface area contributed by atoms with Crippen LogP contribution in [0.3, 0.4) is 0 Å². The Kier molecular flexibility index (Phi) is 9.88. The van der Waals surface area contributed by atoms with Crippen LogP contribution < -0.4 is 0 Å². The number of benzene rings is 2. The van der Waals surface area contributed by atoms with Gasteiger partial charge in [-0.25, -0.2) is 0 Å². The molecule has 6 nitrogen and oxygen atoms in total. The molecular weight excluding hydrogens is 538 g/mol. The van der Waals surface area contributed by atoms with Crippen molar-refractivity contribution in [3.05, 3.63) is 75.9 Å². The Bertz CT molecular complexity index is 1360. The number of fused-ring (bicyclic) bond motifs is 1. The summed E-state index contributed by atoms with van der Waals surface area (Å²) in [5.74, 6) is -1.51. The fourth-order valence-electron chi connectivity index (χ4n) is 7.89. The molecule has 2 amide bonds. The predicted molar refractivity (Wildman–Crippen MR) is 170 cm³/mol. The lowest BCUT2D eigenvalue weighted by molar-refractivity contribution is -0.143. The first-order chi connectivity index (χ1) is 20.7.